The molecule has 1 atom stereocenters. The monoisotopic (exact) mass is 321 g/mol. The molecule has 2 aromatic carbocycles. The number of carbonyl (C=O) groups is 1. The van der Waals surface area contributed by atoms with Crippen LogP contribution in [0.15, 0.2) is 40.9 Å². The molecule has 2 N–H and O–H groups in total. The van der Waals surface area contributed by atoms with E-state index in [1.54, 1.807) is 13.0 Å². The van der Waals surface area contributed by atoms with Crippen LogP contribution in [0.5, 0.6) is 0 Å². The Hall–Kier alpha value is -2.82. The summed E-state index contributed by atoms with van der Waals surface area (Å²) in [5, 5.41) is 12.4. The highest BCUT2D eigenvalue weighted by molar-refractivity contribution is 6.02. The Morgan fingerprint density at radius 2 is 2.00 bits per heavy atom. The van der Waals surface area contributed by atoms with Gasteiger partial charge in [0.05, 0.1) is 0 Å². The third-order valence-corrected chi connectivity index (χ3v) is 4.52. The van der Waals surface area contributed by atoms with Gasteiger partial charge in [-0.3, -0.25) is 4.79 Å². The highest BCUT2D eigenvalue weighted by Crippen LogP contribution is 2.35. The Labute approximate surface area is 140 Å². The van der Waals surface area contributed by atoms with Crippen molar-refractivity contribution in [3.63, 3.8) is 0 Å². The normalized spacial score (nSPS) is 13.9. The van der Waals surface area contributed by atoms with Gasteiger partial charge in [-0.05, 0) is 49.3 Å². The van der Waals surface area contributed by atoms with E-state index < -0.39 is 0 Å². The number of anilines is 2. The van der Waals surface area contributed by atoms with Crippen molar-refractivity contribution in [1.82, 2.24) is 5.16 Å². The summed E-state index contributed by atoms with van der Waals surface area (Å²) in [6.07, 6.45) is 2.19. The number of aryl methyl sites for hydroxylation is 3. The van der Waals surface area contributed by atoms with Crippen LogP contribution in [0.2, 0.25) is 0 Å². The number of carbonyl (C=O) groups excluding carboxylic acids is 1. The molecule has 0 saturated heterocycles. The molecule has 1 aromatic heterocycles. The summed E-state index contributed by atoms with van der Waals surface area (Å²) in [5.74, 6) is 0.955. The quantitative estimate of drug-likeness (QED) is 0.769. The van der Waals surface area contributed by atoms with Crippen LogP contribution >= 0.6 is 0 Å². The number of aromatic nitrogens is 1. The van der Waals surface area contributed by atoms with Gasteiger partial charge in [-0.2, -0.15) is 0 Å². The maximum atomic E-state index is 12.4. The van der Waals surface area contributed by atoms with Crippen LogP contribution < -0.4 is 10.6 Å². The van der Waals surface area contributed by atoms with Crippen molar-refractivity contribution in [1.29, 1.82) is 0 Å². The highest BCUT2D eigenvalue weighted by Gasteiger charge is 2.19. The van der Waals surface area contributed by atoms with Gasteiger partial charge in [0.1, 0.15) is 11.8 Å². The Balaban J connectivity index is 1.57. The van der Waals surface area contributed by atoms with Crippen molar-refractivity contribution in [2.45, 2.75) is 32.7 Å². The van der Waals surface area contributed by atoms with Gasteiger partial charge in [-0.25, -0.2) is 0 Å². The molecular weight excluding hydrogens is 302 g/mol. The topological polar surface area (TPSA) is 67.2 Å². The number of rotatable bonds is 4. The minimum atomic E-state index is -0.388. The molecule has 122 valence electrons. The Kier molecular flexibility index (Phi) is 3.49. The fraction of sp³-hybridized carbons (Fsp3) is 0.263. The van der Waals surface area contributed by atoms with Crippen molar-refractivity contribution in [3.8, 4) is 0 Å². The molecule has 0 aliphatic heterocycles. The van der Waals surface area contributed by atoms with E-state index in [1.165, 1.54) is 21.9 Å². The molecule has 1 amide bonds. The fourth-order valence-electron chi connectivity index (χ4n) is 3.33. The Bertz CT molecular complexity index is 919. The molecule has 5 nitrogen and oxygen atoms in total. The number of hydrogen-bond acceptors (Lipinski definition) is 4. The van der Waals surface area contributed by atoms with Gasteiger partial charge in [-0.1, -0.05) is 29.4 Å². The van der Waals surface area contributed by atoms with Crippen molar-refractivity contribution >= 4 is 28.2 Å². The second-order valence-electron chi connectivity index (χ2n) is 6.29. The van der Waals surface area contributed by atoms with E-state index in [0.29, 0.717) is 11.6 Å². The second kappa shape index (κ2) is 5.67. The number of amides is 1. The third kappa shape index (κ3) is 2.52. The molecule has 1 aliphatic carbocycles. The number of nitrogens with one attached hydrogen (secondary N) is 2. The van der Waals surface area contributed by atoms with Gasteiger partial charge in [0.25, 0.3) is 0 Å². The molecule has 4 rings (SSSR count). The van der Waals surface area contributed by atoms with Crippen LogP contribution in [-0.4, -0.2) is 17.1 Å². The van der Waals surface area contributed by atoms with Gasteiger partial charge >= 0.3 is 0 Å². The average molecular weight is 321 g/mol. The second-order valence-corrected chi connectivity index (χ2v) is 6.29. The van der Waals surface area contributed by atoms with Gasteiger partial charge < -0.3 is 15.2 Å². The fourth-order valence-corrected chi connectivity index (χ4v) is 3.33. The molecule has 1 aliphatic rings. The first-order valence-electron chi connectivity index (χ1n) is 8.16. The predicted octanol–water partition coefficient (Wildman–Crippen LogP) is 3.67. The molecule has 5 heteroatoms. The molecule has 0 spiro atoms. The van der Waals surface area contributed by atoms with E-state index in [9.17, 15) is 4.79 Å². The van der Waals surface area contributed by atoms with Gasteiger partial charge in [0.2, 0.25) is 5.91 Å². The van der Waals surface area contributed by atoms with Crippen molar-refractivity contribution in [2.75, 3.05) is 10.6 Å². The molecule has 24 heavy (non-hydrogen) atoms. The molecule has 1 unspecified atom stereocenters. The molecule has 1 heterocycles. The number of hydrogen-bond donors (Lipinski definition) is 2. The Morgan fingerprint density at radius 3 is 2.75 bits per heavy atom. The lowest BCUT2D eigenvalue weighted by molar-refractivity contribution is -0.116. The molecule has 0 radical (unpaired) electrons. The summed E-state index contributed by atoms with van der Waals surface area (Å²) in [7, 11) is 0. The standard InChI is InChI=1S/C19H19N3O2/c1-11-10-17(22-24-11)21-19(23)12(2)20-16-9-8-14-7-6-13-4-3-5-15(16)18(13)14/h3-5,8-10,12,20H,6-7H2,1-2H3,(H,21,22,23). The van der Waals surface area contributed by atoms with E-state index in [2.05, 4.69) is 46.1 Å². The summed E-state index contributed by atoms with van der Waals surface area (Å²) >= 11 is 0. The average Bonchev–Trinajstić information content (AvgIpc) is 3.17. The van der Waals surface area contributed by atoms with E-state index in [0.717, 1.165) is 18.5 Å². The lowest BCUT2D eigenvalue weighted by Gasteiger charge is -2.16. The van der Waals surface area contributed by atoms with Crippen molar-refractivity contribution in [3.05, 3.63) is 53.3 Å². The minimum Gasteiger partial charge on any atom is -0.373 e. The number of nitrogens with zero attached hydrogens (tertiary/aromatic N) is 1. The summed E-state index contributed by atoms with van der Waals surface area (Å²) in [5.41, 5.74) is 3.76. The zero-order valence-electron chi connectivity index (χ0n) is 13.7. The largest absolute Gasteiger partial charge is 0.373 e. The maximum absolute atomic E-state index is 12.4. The van der Waals surface area contributed by atoms with Crippen LogP contribution in [0.1, 0.15) is 23.8 Å². The summed E-state index contributed by atoms with van der Waals surface area (Å²) < 4.78 is 4.97. The summed E-state index contributed by atoms with van der Waals surface area (Å²) in [6, 6.07) is 11.9. The first-order valence-corrected chi connectivity index (χ1v) is 8.16. The van der Waals surface area contributed by atoms with Crippen molar-refractivity contribution in [2.24, 2.45) is 0 Å². The minimum absolute atomic E-state index is 0.147. The van der Waals surface area contributed by atoms with E-state index >= 15 is 0 Å². The van der Waals surface area contributed by atoms with E-state index in [-0.39, 0.29) is 11.9 Å². The molecule has 3 aromatic rings. The van der Waals surface area contributed by atoms with E-state index in [1.807, 2.05) is 6.92 Å². The van der Waals surface area contributed by atoms with Crippen LogP contribution in [-0.2, 0) is 17.6 Å². The lowest BCUT2D eigenvalue weighted by Crippen LogP contribution is -2.32. The summed E-state index contributed by atoms with van der Waals surface area (Å²) in [6.45, 7) is 3.63. The predicted molar refractivity (Wildman–Crippen MR) is 94.3 cm³/mol. The molecule has 0 saturated carbocycles. The van der Waals surface area contributed by atoms with Crippen LogP contribution in [0, 0.1) is 6.92 Å². The third-order valence-electron chi connectivity index (χ3n) is 4.52. The van der Waals surface area contributed by atoms with Gasteiger partial charge in [0.15, 0.2) is 5.82 Å². The Morgan fingerprint density at radius 1 is 1.21 bits per heavy atom. The lowest BCUT2D eigenvalue weighted by atomic mass is 10.0. The summed E-state index contributed by atoms with van der Waals surface area (Å²) in [4.78, 5) is 12.4. The highest BCUT2D eigenvalue weighted by atomic mass is 16.5. The van der Waals surface area contributed by atoms with Crippen LogP contribution in [0.3, 0.4) is 0 Å². The molecule has 0 bridgehead atoms. The number of benzene rings is 2. The van der Waals surface area contributed by atoms with E-state index in [4.69, 9.17) is 4.52 Å². The van der Waals surface area contributed by atoms with Crippen molar-refractivity contribution < 1.29 is 9.32 Å². The first kappa shape index (κ1) is 14.8. The maximum Gasteiger partial charge on any atom is 0.247 e. The molecule has 0 fully saturated rings. The van der Waals surface area contributed by atoms with Gasteiger partial charge in [-0.15, -0.1) is 0 Å². The van der Waals surface area contributed by atoms with Crippen LogP contribution in [0.4, 0.5) is 11.5 Å². The molecular formula is C19H19N3O2. The van der Waals surface area contributed by atoms with Gasteiger partial charge in [0, 0.05) is 17.1 Å². The first-order chi connectivity index (χ1) is 11.6. The zero-order chi connectivity index (χ0) is 16.7. The SMILES string of the molecule is Cc1cc(NC(=O)C(C)Nc2ccc3c4c(cccc24)CC3)no1. The zero-order valence-corrected chi connectivity index (χ0v) is 13.7. The smallest absolute Gasteiger partial charge is 0.247 e. The van der Waals surface area contributed by atoms with Crippen LogP contribution in [0.25, 0.3) is 10.8 Å².